The van der Waals surface area contributed by atoms with Crippen molar-refractivity contribution in [2.75, 3.05) is 19.9 Å². The second kappa shape index (κ2) is 8.92. The van der Waals surface area contributed by atoms with Gasteiger partial charge in [-0.15, -0.1) is 0 Å². The molecule has 2 aliphatic rings. The second-order valence-corrected chi connectivity index (χ2v) is 9.89. The van der Waals surface area contributed by atoms with Crippen LogP contribution in [0.5, 0.6) is 11.5 Å². The molecule has 0 N–H and O–H groups in total. The number of hydrogen-bond donors (Lipinski definition) is 0. The number of carbonyl (C=O) groups excluding carboxylic acids is 2. The molecule has 8 nitrogen and oxygen atoms in total. The van der Waals surface area contributed by atoms with E-state index in [1.54, 1.807) is 12.1 Å². The first kappa shape index (κ1) is 22.1. The average molecular weight is 480 g/mol. The van der Waals surface area contributed by atoms with Crippen LogP contribution in [-0.2, 0) is 27.7 Å². The number of rotatable bonds is 6. The summed E-state index contributed by atoms with van der Waals surface area (Å²) in [6.45, 7) is 0.235. The molecule has 3 aromatic rings. The van der Waals surface area contributed by atoms with Crippen molar-refractivity contribution in [1.29, 1.82) is 0 Å². The summed E-state index contributed by atoms with van der Waals surface area (Å²) in [5, 5.41) is 0. The fourth-order valence-electron chi connectivity index (χ4n) is 3.98. The van der Waals surface area contributed by atoms with Crippen molar-refractivity contribution in [3.8, 4) is 11.5 Å². The molecule has 3 aromatic carbocycles. The third kappa shape index (κ3) is 4.27. The van der Waals surface area contributed by atoms with Gasteiger partial charge in [0.15, 0.2) is 23.9 Å². The molecule has 34 heavy (non-hydrogen) atoms. The van der Waals surface area contributed by atoms with Gasteiger partial charge >= 0.3 is 5.97 Å². The molecule has 0 unspecified atom stereocenters. The molecule has 2 aliphatic heterocycles. The van der Waals surface area contributed by atoms with Crippen LogP contribution in [0.15, 0.2) is 71.6 Å². The number of hydrogen-bond acceptors (Lipinski definition) is 7. The molecular formula is C25H21NO7S. The zero-order valence-electron chi connectivity index (χ0n) is 18.1. The largest absolute Gasteiger partial charge is 0.454 e. The maximum Gasteiger partial charge on any atom is 0.338 e. The molecule has 0 aromatic heterocycles. The Kier molecular flexibility index (Phi) is 5.80. The van der Waals surface area contributed by atoms with Gasteiger partial charge in [-0.1, -0.05) is 30.3 Å². The van der Waals surface area contributed by atoms with Crippen LogP contribution in [0.2, 0.25) is 0 Å². The van der Waals surface area contributed by atoms with Crippen molar-refractivity contribution in [2.45, 2.75) is 17.9 Å². The smallest absolute Gasteiger partial charge is 0.338 e. The van der Waals surface area contributed by atoms with Crippen LogP contribution in [0.3, 0.4) is 0 Å². The monoisotopic (exact) mass is 479 g/mol. The lowest BCUT2D eigenvalue weighted by Crippen LogP contribution is -2.36. The Morgan fingerprint density at radius 1 is 0.882 bits per heavy atom. The van der Waals surface area contributed by atoms with Crippen molar-refractivity contribution in [3.63, 3.8) is 0 Å². The third-order valence-corrected chi connectivity index (χ3v) is 7.67. The number of nitrogens with zero attached hydrogens (tertiary/aromatic N) is 1. The third-order valence-electron chi connectivity index (χ3n) is 5.83. The van der Waals surface area contributed by atoms with Crippen LogP contribution in [0.25, 0.3) is 0 Å². The lowest BCUT2D eigenvalue weighted by atomic mass is 10.0. The van der Waals surface area contributed by atoms with Crippen molar-refractivity contribution < 1.29 is 32.2 Å². The van der Waals surface area contributed by atoms with Gasteiger partial charge in [-0.05, 0) is 53.9 Å². The van der Waals surface area contributed by atoms with Crippen molar-refractivity contribution in [2.24, 2.45) is 0 Å². The SMILES string of the molecule is O=C(COC(=O)c1cccc(S(=O)(=O)N2CCc3ccccc3C2)c1)c1ccc2c(c1)OCO2. The lowest BCUT2D eigenvalue weighted by molar-refractivity contribution is 0.0474. The molecule has 0 aliphatic carbocycles. The molecule has 0 fully saturated rings. The summed E-state index contributed by atoms with van der Waals surface area (Å²) in [5.41, 5.74) is 2.48. The highest BCUT2D eigenvalue weighted by Crippen LogP contribution is 2.32. The highest BCUT2D eigenvalue weighted by atomic mass is 32.2. The molecule has 2 heterocycles. The summed E-state index contributed by atoms with van der Waals surface area (Å²) in [6, 6.07) is 18.1. The van der Waals surface area contributed by atoms with Gasteiger partial charge < -0.3 is 14.2 Å². The fraction of sp³-hybridized carbons (Fsp3) is 0.200. The van der Waals surface area contributed by atoms with Crippen molar-refractivity contribution in [3.05, 3.63) is 89.0 Å². The van der Waals surface area contributed by atoms with E-state index >= 15 is 0 Å². The van der Waals surface area contributed by atoms with E-state index < -0.39 is 28.4 Å². The number of Topliss-reactive ketones (excluding diaryl/α,β-unsaturated/α-hetero) is 1. The molecule has 0 saturated heterocycles. The van der Waals surface area contributed by atoms with E-state index in [1.165, 1.54) is 34.6 Å². The van der Waals surface area contributed by atoms with Gasteiger partial charge in [-0.2, -0.15) is 4.31 Å². The number of carbonyl (C=O) groups is 2. The van der Waals surface area contributed by atoms with Crippen molar-refractivity contribution in [1.82, 2.24) is 4.31 Å². The van der Waals surface area contributed by atoms with Gasteiger partial charge in [0.1, 0.15) is 0 Å². The first-order valence-corrected chi connectivity index (χ1v) is 12.1. The van der Waals surface area contributed by atoms with Gasteiger partial charge in [0.05, 0.1) is 10.5 Å². The minimum absolute atomic E-state index is 0.00317. The molecule has 0 radical (unpaired) electrons. The fourth-order valence-corrected chi connectivity index (χ4v) is 5.44. The minimum Gasteiger partial charge on any atom is -0.454 e. The maximum atomic E-state index is 13.2. The molecule has 5 rings (SSSR count). The van der Waals surface area contributed by atoms with E-state index in [2.05, 4.69) is 0 Å². The van der Waals surface area contributed by atoms with Gasteiger partial charge in [-0.25, -0.2) is 13.2 Å². The van der Waals surface area contributed by atoms with Crippen molar-refractivity contribution >= 4 is 21.8 Å². The van der Waals surface area contributed by atoms with E-state index in [4.69, 9.17) is 14.2 Å². The Balaban J connectivity index is 1.27. The van der Waals surface area contributed by atoms with E-state index in [-0.39, 0.29) is 23.8 Å². The van der Waals surface area contributed by atoms with Gasteiger partial charge in [0, 0.05) is 18.7 Å². The average Bonchev–Trinajstić information content (AvgIpc) is 3.35. The number of ketones is 1. The standard InChI is InChI=1S/C25H21NO7S/c27-22(18-8-9-23-24(13-18)33-16-32-23)15-31-25(28)19-6-3-7-21(12-19)34(29,30)26-11-10-17-4-1-2-5-20(17)14-26/h1-9,12-13H,10-11,14-16H2. The molecule has 0 saturated carbocycles. The Hall–Kier alpha value is -3.69. The summed E-state index contributed by atoms with van der Waals surface area (Å²) < 4.78 is 43.5. The first-order chi connectivity index (χ1) is 16.4. The highest BCUT2D eigenvalue weighted by molar-refractivity contribution is 7.89. The summed E-state index contributed by atoms with van der Waals surface area (Å²) >= 11 is 0. The number of sulfonamides is 1. The number of fused-ring (bicyclic) bond motifs is 2. The summed E-state index contributed by atoms with van der Waals surface area (Å²) in [4.78, 5) is 25.0. The van der Waals surface area contributed by atoms with Crippen LogP contribution >= 0.6 is 0 Å². The molecule has 0 bridgehead atoms. The number of ether oxygens (including phenoxy) is 3. The van der Waals surface area contributed by atoms with Gasteiger partial charge in [-0.3, -0.25) is 4.79 Å². The quantitative estimate of drug-likeness (QED) is 0.395. The molecule has 9 heteroatoms. The summed E-state index contributed by atoms with van der Waals surface area (Å²) in [7, 11) is -3.81. The molecule has 174 valence electrons. The topological polar surface area (TPSA) is 99.2 Å². The Labute approximate surface area is 196 Å². The summed E-state index contributed by atoms with van der Waals surface area (Å²) in [6.07, 6.45) is 0.624. The summed E-state index contributed by atoms with van der Waals surface area (Å²) in [5.74, 6) is -0.197. The first-order valence-electron chi connectivity index (χ1n) is 10.7. The zero-order chi connectivity index (χ0) is 23.7. The van der Waals surface area contributed by atoms with E-state index in [1.807, 2.05) is 24.3 Å². The second-order valence-electron chi connectivity index (χ2n) is 7.95. The lowest BCUT2D eigenvalue weighted by Gasteiger charge is -2.28. The Bertz CT molecular complexity index is 1380. The highest BCUT2D eigenvalue weighted by Gasteiger charge is 2.29. The predicted molar refractivity (Wildman–Crippen MR) is 121 cm³/mol. The number of esters is 1. The molecule has 0 atom stereocenters. The molecule has 0 amide bonds. The predicted octanol–water partition coefficient (Wildman–Crippen LogP) is 3.20. The van der Waals surface area contributed by atoms with Gasteiger partial charge in [0.25, 0.3) is 0 Å². The van der Waals surface area contributed by atoms with E-state index in [0.29, 0.717) is 30.0 Å². The number of benzene rings is 3. The molecule has 0 spiro atoms. The van der Waals surface area contributed by atoms with Crippen LogP contribution in [0, 0.1) is 0 Å². The van der Waals surface area contributed by atoms with Crippen LogP contribution in [0.1, 0.15) is 31.8 Å². The van der Waals surface area contributed by atoms with Crippen LogP contribution < -0.4 is 9.47 Å². The normalized spacial score (nSPS) is 14.9. The van der Waals surface area contributed by atoms with Crippen LogP contribution in [-0.4, -0.2) is 44.4 Å². The Morgan fingerprint density at radius 2 is 1.68 bits per heavy atom. The van der Waals surface area contributed by atoms with Gasteiger partial charge in [0.2, 0.25) is 16.8 Å². The van der Waals surface area contributed by atoms with E-state index in [0.717, 1.165) is 11.1 Å². The zero-order valence-corrected chi connectivity index (χ0v) is 18.9. The maximum absolute atomic E-state index is 13.2. The van der Waals surface area contributed by atoms with Crippen LogP contribution in [0.4, 0.5) is 0 Å². The van der Waals surface area contributed by atoms with E-state index in [9.17, 15) is 18.0 Å². The Morgan fingerprint density at radius 3 is 2.53 bits per heavy atom. The minimum atomic E-state index is -3.81. The molecular weight excluding hydrogens is 458 g/mol.